The summed E-state index contributed by atoms with van der Waals surface area (Å²) in [6.45, 7) is 1.96. The molecule has 0 heterocycles. The first-order chi connectivity index (χ1) is 16.9. The van der Waals surface area contributed by atoms with E-state index in [9.17, 15) is 17.6 Å². The van der Waals surface area contributed by atoms with Gasteiger partial charge in [0.15, 0.2) is 17.5 Å². The van der Waals surface area contributed by atoms with E-state index in [0.717, 1.165) is 24.5 Å². The van der Waals surface area contributed by atoms with Crippen LogP contribution in [0.15, 0.2) is 78.9 Å². The maximum absolute atomic E-state index is 14.4. The van der Waals surface area contributed by atoms with Gasteiger partial charge in [-0.15, -0.1) is 0 Å². The molecule has 0 aliphatic rings. The van der Waals surface area contributed by atoms with Gasteiger partial charge in [0.25, 0.3) is 0 Å². The summed E-state index contributed by atoms with van der Waals surface area (Å²) in [6, 6.07) is 17.6. The van der Waals surface area contributed by atoms with Crippen LogP contribution >= 0.6 is 0 Å². The Morgan fingerprint density at radius 3 is 2.00 bits per heavy atom. The molecule has 4 heteroatoms. The Hall–Kier alpha value is -4.28. The predicted molar refractivity (Wildman–Crippen MR) is 132 cm³/mol. The zero-order valence-corrected chi connectivity index (χ0v) is 18.9. The molecule has 0 unspecified atom stereocenters. The number of benzene rings is 4. The summed E-state index contributed by atoms with van der Waals surface area (Å²) in [5.74, 6) is 7.47. The van der Waals surface area contributed by atoms with Gasteiger partial charge in [-0.05, 0) is 85.3 Å². The Morgan fingerprint density at radius 1 is 0.657 bits per heavy atom. The molecule has 0 saturated carbocycles. The summed E-state index contributed by atoms with van der Waals surface area (Å²) in [5, 5.41) is 0.231. The molecule has 35 heavy (non-hydrogen) atoms. The molecule has 4 aromatic rings. The number of fused-ring (bicyclic) bond motifs is 1. The fraction of sp³-hybridized carbons (Fsp3) is 0.0968. The van der Waals surface area contributed by atoms with Crippen LogP contribution in [0.1, 0.15) is 41.2 Å². The molecule has 0 aromatic heterocycles. The second-order valence-electron chi connectivity index (χ2n) is 7.92. The molecule has 0 amide bonds. The van der Waals surface area contributed by atoms with Gasteiger partial charge in [0.1, 0.15) is 5.82 Å². The van der Waals surface area contributed by atoms with E-state index in [1.54, 1.807) is 36.4 Å². The fourth-order valence-corrected chi connectivity index (χ4v) is 3.54. The minimum atomic E-state index is -1.49. The average molecular weight is 468 g/mol. The Kier molecular flexibility index (Phi) is 7.34. The van der Waals surface area contributed by atoms with Crippen LogP contribution in [-0.2, 0) is 6.42 Å². The highest BCUT2D eigenvalue weighted by Crippen LogP contribution is 2.24. The van der Waals surface area contributed by atoms with Crippen molar-refractivity contribution < 1.29 is 17.6 Å². The van der Waals surface area contributed by atoms with Crippen molar-refractivity contribution in [1.82, 2.24) is 0 Å². The standard InChI is InChI=1S/C31H20F4/c1-2-3-4-5-23-13-16-25(28(32)19-23)15-12-22-8-6-21(7-9-22)10-11-24-14-17-27-26(18-24)20-29(33)31(35)30(27)34/h2-3,6-9,13-14,16-20H,4-5H2,1H3/b3-2+. The topological polar surface area (TPSA) is 0 Å². The largest absolute Gasteiger partial charge is 0.206 e. The number of hydrogen-bond acceptors (Lipinski definition) is 0. The SMILES string of the molecule is C/C=C/CCc1ccc(C#Cc2ccc(C#Cc3ccc4c(F)c(F)c(F)cc4c3)cc2)c(F)c1. The first kappa shape index (κ1) is 23.9. The molecule has 0 atom stereocenters. The van der Waals surface area contributed by atoms with Crippen molar-refractivity contribution in [3.8, 4) is 23.7 Å². The number of aryl methyl sites for hydroxylation is 1. The van der Waals surface area contributed by atoms with Crippen LogP contribution in [0, 0.1) is 47.0 Å². The average Bonchev–Trinajstić information content (AvgIpc) is 2.86. The molecule has 0 saturated heterocycles. The van der Waals surface area contributed by atoms with E-state index < -0.39 is 17.5 Å². The van der Waals surface area contributed by atoms with Crippen molar-refractivity contribution in [1.29, 1.82) is 0 Å². The molecular formula is C31H20F4. The first-order valence-electron chi connectivity index (χ1n) is 11.1. The summed E-state index contributed by atoms with van der Waals surface area (Å²) >= 11 is 0. The zero-order chi connectivity index (χ0) is 24.8. The van der Waals surface area contributed by atoms with Gasteiger partial charge in [0.2, 0.25) is 0 Å². The van der Waals surface area contributed by atoms with Crippen LogP contribution in [0.25, 0.3) is 10.8 Å². The maximum atomic E-state index is 14.4. The number of hydrogen-bond donors (Lipinski definition) is 0. The second kappa shape index (κ2) is 10.8. The lowest BCUT2D eigenvalue weighted by Gasteiger charge is -2.02. The van der Waals surface area contributed by atoms with Gasteiger partial charge < -0.3 is 0 Å². The van der Waals surface area contributed by atoms with Gasteiger partial charge in [0, 0.05) is 22.1 Å². The van der Waals surface area contributed by atoms with E-state index in [1.165, 1.54) is 18.2 Å². The minimum absolute atomic E-state index is 0.00268. The van der Waals surface area contributed by atoms with Crippen molar-refractivity contribution in [2.45, 2.75) is 19.8 Å². The molecule has 4 rings (SSSR count). The predicted octanol–water partition coefficient (Wildman–Crippen LogP) is 7.70. The third kappa shape index (κ3) is 5.81. The van der Waals surface area contributed by atoms with Gasteiger partial charge in [-0.25, -0.2) is 17.6 Å². The van der Waals surface area contributed by atoms with Crippen molar-refractivity contribution in [2.75, 3.05) is 0 Å². The molecule has 0 radical (unpaired) electrons. The third-order valence-corrected chi connectivity index (χ3v) is 5.42. The summed E-state index contributed by atoms with van der Waals surface area (Å²) in [6.07, 6.45) is 5.67. The molecule has 0 nitrogen and oxygen atoms in total. The van der Waals surface area contributed by atoms with Crippen LogP contribution in [0.5, 0.6) is 0 Å². The van der Waals surface area contributed by atoms with Gasteiger partial charge in [-0.2, -0.15) is 0 Å². The quantitative estimate of drug-likeness (QED) is 0.125. The summed E-state index contributed by atoms with van der Waals surface area (Å²) in [7, 11) is 0. The monoisotopic (exact) mass is 468 g/mol. The van der Waals surface area contributed by atoms with E-state index in [4.69, 9.17) is 0 Å². The van der Waals surface area contributed by atoms with Gasteiger partial charge in [-0.1, -0.05) is 48.0 Å². The molecule has 0 N–H and O–H groups in total. The molecule has 172 valence electrons. The molecular weight excluding hydrogens is 448 g/mol. The summed E-state index contributed by atoms with van der Waals surface area (Å²) in [5.41, 5.74) is 3.24. The van der Waals surface area contributed by atoms with Crippen molar-refractivity contribution in [3.63, 3.8) is 0 Å². The fourth-order valence-electron chi connectivity index (χ4n) is 3.54. The smallest absolute Gasteiger partial charge is 0.195 e. The minimum Gasteiger partial charge on any atom is -0.206 e. The van der Waals surface area contributed by atoms with Crippen LogP contribution in [0.4, 0.5) is 17.6 Å². The normalized spacial score (nSPS) is 10.7. The van der Waals surface area contributed by atoms with Crippen LogP contribution in [-0.4, -0.2) is 0 Å². The van der Waals surface area contributed by atoms with Gasteiger partial charge in [-0.3, -0.25) is 0 Å². The van der Waals surface area contributed by atoms with E-state index in [-0.39, 0.29) is 16.6 Å². The molecule has 4 aromatic carbocycles. The van der Waals surface area contributed by atoms with Crippen molar-refractivity contribution in [3.05, 3.63) is 130 Å². The van der Waals surface area contributed by atoms with Gasteiger partial charge in [0.05, 0.1) is 5.56 Å². The lowest BCUT2D eigenvalue weighted by Crippen LogP contribution is -1.92. The summed E-state index contributed by atoms with van der Waals surface area (Å²) < 4.78 is 55.1. The highest BCUT2D eigenvalue weighted by Gasteiger charge is 2.13. The third-order valence-electron chi connectivity index (χ3n) is 5.42. The van der Waals surface area contributed by atoms with Crippen LogP contribution in [0.3, 0.4) is 0 Å². The Balaban J connectivity index is 1.48. The molecule has 0 aliphatic heterocycles. The van der Waals surface area contributed by atoms with E-state index in [2.05, 4.69) is 23.7 Å². The molecule has 0 aliphatic carbocycles. The Morgan fingerprint density at radius 2 is 1.31 bits per heavy atom. The maximum Gasteiger partial charge on any atom is 0.195 e. The van der Waals surface area contributed by atoms with Crippen molar-refractivity contribution >= 4 is 10.8 Å². The van der Waals surface area contributed by atoms with E-state index in [1.807, 2.05) is 25.1 Å². The number of allylic oxidation sites excluding steroid dienone is 2. The number of halogens is 4. The Bertz CT molecular complexity index is 1540. The molecule has 0 fully saturated rings. The second-order valence-corrected chi connectivity index (χ2v) is 7.92. The highest BCUT2D eigenvalue weighted by atomic mass is 19.2. The number of rotatable bonds is 3. The van der Waals surface area contributed by atoms with Gasteiger partial charge >= 0.3 is 0 Å². The van der Waals surface area contributed by atoms with Crippen molar-refractivity contribution in [2.24, 2.45) is 0 Å². The van der Waals surface area contributed by atoms with Crippen LogP contribution < -0.4 is 0 Å². The molecule has 0 spiro atoms. The lowest BCUT2D eigenvalue weighted by molar-refractivity contribution is 0.453. The zero-order valence-electron chi connectivity index (χ0n) is 18.9. The van der Waals surface area contributed by atoms with E-state index in [0.29, 0.717) is 22.3 Å². The molecule has 0 bridgehead atoms. The lowest BCUT2D eigenvalue weighted by atomic mass is 10.1. The highest BCUT2D eigenvalue weighted by molar-refractivity contribution is 5.84. The van der Waals surface area contributed by atoms with E-state index >= 15 is 0 Å². The first-order valence-corrected chi connectivity index (χ1v) is 11.1. The Labute approximate surface area is 201 Å². The summed E-state index contributed by atoms with van der Waals surface area (Å²) in [4.78, 5) is 0. The van der Waals surface area contributed by atoms with Crippen LogP contribution in [0.2, 0.25) is 0 Å².